The zero-order valence-corrected chi connectivity index (χ0v) is 8.92. The minimum atomic E-state index is -0.220. The molecule has 3 rings (SSSR count). The number of nitrogens with zero attached hydrogens (tertiary/aromatic N) is 2. The van der Waals surface area contributed by atoms with Gasteiger partial charge in [-0.3, -0.25) is 9.78 Å². The lowest BCUT2D eigenvalue weighted by molar-refractivity contribution is 1.18. The number of H-pyrrole nitrogens is 1. The molecule has 2 aromatic heterocycles. The van der Waals surface area contributed by atoms with Crippen molar-refractivity contribution in [2.45, 2.75) is 0 Å². The lowest BCUT2D eigenvalue weighted by Crippen LogP contribution is -2.11. The second kappa shape index (κ2) is 3.83. The first-order valence-corrected chi connectivity index (χ1v) is 5.25. The summed E-state index contributed by atoms with van der Waals surface area (Å²) in [5.74, 6) is 0. The van der Waals surface area contributed by atoms with Crippen molar-refractivity contribution < 1.29 is 0 Å². The van der Waals surface area contributed by atoms with Gasteiger partial charge in [-0.2, -0.15) is 0 Å². The predicted molar refractivity (Wildman–Crippen MR) is 65.6 cm³/mol. The third-order valence-electron chi connectivity index (χ3n) is 2.51. The highest BCUT2D eigenvalue weighted by atomic mass is 16.1. The minimum absolute atomic E-state index is 0.220. The van der Waals surface area contributed by atoms with Gasteiger partial charge < -0.3 is 4.98 Å². The van der Waals surface area contributed by atoms with Crippen LogP contribution in [-0.2, 0) is 0 Å². The molecule has 2 heterocycles. The van der Waals surface area contributed by atoms with Crippen LogP contribution in [0.3, 0.4) is 0 Å². The average molecular weight is 223 g/mol. The standard InChI is InChI=1S/C13H9N3O/c17-13-12(11-7-3-4-8-14-11)15-9-5-1-2-6-10(9)16-13/h1-8H,(H,16,17). The Morgan fingerprint density at radius 1 is 1.00 bits per heavy atom. The van der Waals surface area contributed by atoms with E-state index in [4.69, 9.17) is 0 Å². The van der Waals surface area contributed by atoms with Crippen molar-refractivity contribution in [1.82, 2.24) is 15.0 Å². The molecule has 0 atom stereocenters. The van der Waals surface area contributed by atoms with E-state index in [2.05, 4.69) is 15.0 Å². The molecule has 0 radical (unpaired) electrons. The largest absolute Gasteiger partial charge is 0.319 e. The van der Waals surface area contributed by atoms with Crippen LogP contribution in [0.25, 0.3) is 22.4 Å². The Balaban J connectivity index is 2.31. The van der Waals surface area contributed by atoms with Gasteiger partial charge in [0.05, 0.1) is 16.7 Å². The molecule has 0 bridgehead atoms. The van der Waals surface area contributed by atoms with Crippen molar-refractivity contribution in [3.8, 4) is 11.4 Å². The number of fused-ring (bicyclic) bond motifs is 1. The molecule has 0 aliphatic carbocycles. The maximum absolute atomic E-state index is 11.9. The summed E-state index contributed by atoms with van der Waals surface area (Å²) >= 11 is 0. The number of hydrogen-bond donors (Lipinski definition) is 1. The predicted octanol–water partition coefficient (Wildman–Crippen LogP) is 1.99. The zero-order valence-electron chi connectivity index (χ0n) is 8.92. The van der Waals surface area contributed by atoms with Crippen molar-refractivity contribution in [2.24, 2.45) is 0 Å². The SMILES string of the molecule is O=c1[nH]c2ccccc2nc1-c1ccccn1. The van der Waals surface area contributed by atoms with Gasteiger partial charge >= 0.3 is 0 Å². The van der Waals surface area contributed by atoms with Gasteiger partial charge in [0.15, 0.2) is 5.69 Å². The van der Waals surface area contributed by atoms with Crippen LogP contribution in [0.5, 0.6) is 0 Å². The lowest BCUT2D eigenvalue weighted by atomic mass is 10.2. The van der Waals surface area contributed by atoms with Gasteiger partial charge in [0.1, 0.15) is 0 Å². The molecule has 4 nitrogen and oxygen atoms in total. The molecular weight excluding hydrogens is 214 g/mol. The van der Waals surface area contributed by atoms with Crippen LogP contribution < -0.4 is 5.56 Å². The Labute approximate surface area is 97.0 Å². The molecule has 0 aliphatic heterocycles. The maximum Gasteiger partial charge on any atom is 0.276 e. The summed E-state index contributed by atoms with van der Waals surface area (Å²) in [6, 6.07) is 12.8. The number of para-hydroxylation sites is 2. The van der Waals surface area contributed by atoms with Gasteiger partial charge in [-0.05, 0) is 24.3 Å². The smallest absolute Gasteiger partial charge is 0.276 e. The topological polar surface area (TPSA) is 58.6 Å². The van der Waals surface area contributed by atoms with Crippen molar-refractivity contribution in [1.29, 1.82) is 0 Å². The Bertz CT molecular complexity index is 719. The van der Waals surface area contributed by atoms with E-state index in [1.165, 1.54) is 0 Å². The molecule has 3 aromatic rings. The molecule has 1 N–H and O–H groups in total. The fraction of sp³-hybridized carbons (Fsp3) is 0. The van der Waals surface area contributed by atoms with Crippen molar-refractivity contribution in [3.63, 3.8) is 0 Å². The van der Waals surface area contributed by atoms with Gasteiger partial charge in [-0.15, -0.1) is 0 Å². The van der Waals surface area contributed by atoms with E-state index in [0.29, 0.717) is 11.4 Å². The molecule has 1 aromatic carbocycles. The van der Waals surface area contributed by atoms with E-state index in [-0.39, 0.29) is 5.56 Å². The molecular formula is C13H9N3O. The Morgan fingerprint density at radius 2 is 1.82 bits per heavy atom. The van der Waals surface area contributed by atoms with Crippen LogP contribution in [0.15, 0.2) is 53.5 Å². The van der Waals surface area contributed by atoms with Gasteiger partial charge in [-0.1, -0.05) is 18.2 Å². The van der Waals surface area contributed by atoms with Gasteiger partial charge in [0, 0.05) is 6.20 Å². The van der Waals surface area contributed by atoms with Crippen molar-refractivity contribution in [3.05, 3.63) is 59.0 Å². The van der Waals surface area contributed by atoms with Crippen LogP contribution in [0, 0.1) is 0 Å². The van der Waals surface area contributed by atoms with Gasteiger partial charge in [-0.25, -0.2) is 4.98 Å². The number of benzene rings is 1. The third-order valence-corrected chi connectivity index (χ3v) is 2.51. The van der Waals surface area contributed by atoms with E-state index in [1.807, 2.05) is 30.3 Å². The normalized spacial score (nSPS) is 10.6. The second-order valence-electron chi connectivity index (χ2n) is 3.65. The van der Waals surface area contributed by atoms with Crippen molar-refractivity contribution in [2.75, 3.05) is 0 Å². The highest BCUT2D eigenvalue weighted by Crippen LogP contribution is 2.12. The van der Waals surface area contributed by atoms with E-state index < -0.39 is 0 Å². The van der Waals surface area contributed by atoms with E-state index in [0.717, 1.165) is 11.0 Å². The number of rotatable bonds is 1. The number of hydrogen-bond acceptors (Lipinski definition) is 3. The third kappa shape index (κ3) is 1.69. The first-order valence-electron chi connectivity index (χ1n) is 5.25. The molecule has 0 fully saturated rings. The van der Waals surface area contributed by atoms with Crippen LogP contribution in [0.1, 0.15) is 0 Å². The monoisotopic (exact) mass is 223 g/mol. The first kappa shape index (κ1) is 9.72. The highest BCUT2D eigenvalue weighted by molar-refractivity contribution is 5.76. The summed E-state index contributed by atoms with van der Waals surface area (Å²) < 4.78 is 0. The number of nitrogens with one attached hydrogen (secondary N) is 1. The summed E-state index contributed by atoms with van der Waals surface area (Å²) in [7, 11) is 0. The quantitative estimate of drug-likeness (QED) is 0.686. The fourth-order valence-electron chi connectivity index (χ4n) is 1.71. The molecule has 0 amide bonds. The van der Waals surface area contributed by atoms with Gasteiger partial charge in [0.25, 0.3) is 5.56 Å². The number of aromatic amines is 1. The average Bonchev–Trinajstić information content (AvgIpc) is 2.39. The summed E-state index contributed by atoms with van der Waals surface area (Å²) in [6.45, 7) is 0. The molecule has 82 valence electrons. The maximum atomic E-state index is 11.9. The molecule has 0 saturated heterocycles. The Hall–Kier alpha value is -2.49. The molecule has 0 unspecified atom stereocenters. The minimum Gasteiger partial charge on any atom is -0.319 e. The summed E-state index contributed by atoms with van der Waals surface area (Å²) in [6.07, 6.45) is 1.64. The summed E-state index contributed by atoms with van der Waals surface area (Å²) in [5, 5.41) is 0. The lowest BCUT2D eigenvalue weighted by Gasteiger charge is -2.01. The summed E-state index contributed by atoms with van der Waals surface area (Å²) in [5.41, 5.74) is 2.20. The molecule has 0 spiro atoms. The number of aromatic nitrogens is 3. The van der Waals surface area contributed by atoms with Gasteiger partial charge in [0.2, 0.25) is 0 Å². The van der Waals surface area contributed by atoms with E-state index in [1.54, 1.807) is 18.3 Å². The van der Waals surface area contributed by atoms with Crippen LogP contribution >= 0.6 is 0 Å². The van der Waals surface area contributed by atoms with Crippen LogP contribution in [0.4, 0.5) is 0 Å². The highest BCUT2D eigenvalue weighted by Gasteiger charge is 2.07. The molecule has 0 aliphatic rings. The fourth-order valence-corrected chi connectivity index (χ4v) is 1.71. The molecule has 0 saturated carbocycles. The van der Waals surface area contributed by atoms with Crippen LogP contribution in [0.2, 0.25) is 0 Å². The Kier molecular flexibility index (Phi) is 2.19. The van der Waals surface area contributed by atoms with E-state index >= 15 is 0 Å². The summed E-state index contributed by atoms with van der Waals surface area (Å²) in [4.78, 5) is 23.1. The second-order valence-corrected chi connectivity index (χ2v) is 3.65. The Morgan fingerprint density at radius 3 is 2.65 bits per heavy atom. The number of pyridine rings is 1. The zero-order chi connectivity index (χ0) is 11.7. The van der Waals surface area contributed by atoms with Crippen LogP contribution in [-0.4, -0.2) is 15.0 Å². The van der Waals surface area contributed by atoms with Crippen molar-refractivity contribution >= 4 is 11.0 Å². The molecule has 17 heavy (non-hydrogen) atoms. The molecule has 4 heteroatoms. The first-order chi connectivity index (χ1) is 8.34. The van der Waals surface area contributed by atoms with E-state index in [9.17, 15) is 4.79 Å².